The van der Waals surface area contributed by atoms with Crippen LogP contribution in [-0.4, -0.2) is 24.1 Å². The van der Waals surface area contributed by atoms with Crippen LogP contribution in [0.2, 0.25) is 0 Å². The molecular weight excluding hydrogens is 320 g/mol. The minimum Gasteiger partial charge on any atom is -0.495 e. The number of rotatable bonds is 5. The van der Waals surface area contributed by atoms with Crippen LogP contribution in [0.4, 0.5) is 22.7 Å². The Balaban J connectivity index is 2.88. The number of nitrogens with two attached hydrogens (primary N) is 2. The lowest BCUT2D eigenvalue weighted by atomic mass is 9.99. The molecule has 0 aliphatic rings. The Morgan fingerprint density at radius 2 is 1.12 bits per heavy atom. The summed E-state index contributed by atoms with van der Waals surface area (Å²) >= 11 is 0. The van der Waals surface area contributed by atoms with Gasteiger partial charge in [-0.05, 0) is 12.1 Å². The number of hydrogen-bond acceptors (Lipinski definition) is 8. The number of benzene rings is 2. The van der Waals surface area contributed by atoms with Gasteiger partial charge in [0.25, 0.3) is 11.4 Å². The van der Waals surface area contributed by atoms with Gasteiger partial charge in [-0.1, -0.05) is 0 Å². The second-order valence-electron chi connectivity index (χ2n) is 4.74. The summed E-state index contributed by atoms with van der Waals surface area (Å²) in [6.07, 6.45) is 0. The Morgan fingerprint density at radius 1 is 0.792 bits per heavy atom. The van der Waals surface area contributed by atoms with Gasteiger partial charge in [0.1, 0.15) is 11.5 Å². The van der Waals surface area contributed by atoms with E-state index in [0.717, 1.165) is 12.1 Å². The summed E-state index contributed by atoms with van der Waals surface area (Å²) in [7, 11) is 2.67. The Kier molecular flexibility index (Phi) is 4.40. The highest BCUT2D eigenvalue weighted by Gasteiger charge is 2.27. The molecule has 0 radical (unpaired) electrons. The fourth-order valence-corrected chi connectivity index (χ4v) is 2.26. The highest BCUT2D eigenvalue weighted by Crippen LogP contribution is 2.43. The number of nitro benzene ring substituents is 2. The maximum atomic E-state index is 11.3. The van der Waals surface area contributed by atoms with E-state index >= 15 is 0 Å². The summed E-state index contributed by atoms with van der Waals surface area (Å²) < 4.78 is 10.1. The van der Waals surface area contributed by atoms with Crippen LogP contribution in [-0.2, 0) is 0 Å². The zero-order valence-corrected chi connectivity index (χ0v) is 12.8. The average molecular weight is 334 g/mol. The van der Waals surface area contributed by atoms with Crippen molar-refractivity contribution in [3.8, 4) is 22.6 Å². The maximum absolute atomic E-state index is 11.3. The van der Waals surface area contributed by atoms with Crippen molar-refractivity contribution in [2.45, 2.75) is 0 Å². The second-order valence-corrected chi connectivity index (χ2v) is 4.74. The van der Waals surface area contributed by atoms with E-state index in [1.54, 1.807) is 0 Å². The third kappa shape index (κ3) is 2.84. The van der Waals surface area contributed by atoms with E-state index in [4.69, 9.17) is 20.9 Å². The largest absolute Gasteiger partial charge is 0.495 e. The normalized spacial score (nSPS) is 10.2. The van der Waals surface area contributed by atoms with E-state index in [1.807, 2.05) is 0 Å². The third-order valence-corrected chi connectivity index (χ3v) is 3.38. The first-order valence-electron chi connectivity index (χ1n) is 6.54. The molecule has 2 rings (SSSR count). The van der Waals surface area contributed by atoms with Crippen molar-refractivity contribution in [3.05, 3.63) is 44.5 Å². The molecule has 0 aromatic heterocycles. The number of hydrogen-bond donors (Lipinski definition) is 2. The molecule has 0 atom stereocenters. The summed E-state index contributed by atoms with van der Waals surface area (Å²) in [5.41, 5.74) is 10.6. The molecule has 0 spiro atoms. The fourth-order valence-electron chi connectivity index (χ4n) is 2.26. The van der Waals surface area contributed by atoms with E-state index in [9.17, 15) is 20.2 Å². The maximum Gasteiger partial charge on any atom is 0.279 e. The number of nitro groups is 2. The molecule has 0 unspecified atom stereocenters. The zero-order valence-electron chi connectivity index (χ0n) is 12.8. The molecule has 0 amide bonds. The van der Waals surface area contributed by atoms with Gasteiger partial charge < -0.3 is 20.9 Å². The van der Waals surface area contributed by atoms with Crippen molar-refractivity contribution in [2.24, 2.45) is 0 Å². The molecule has 0 saturated heterocycles. The molecule has 126 valence electrons. The monoisotopic (exact) mass is 334 g/mol. The number of ether oxygens (including phenoxy) is 2. The topological polar surface area (TPSA) is 157 Å². The standard InChI is InChI=1S/C14H14N4O6/c1-23-13-3-7(11(17(19)20)5-9(13)15)8-4-14(24-2)10(16)6-12(8)18(21)22/h3-6H,15-16H2,1-2H3. The van der Waals surface area contributed by atoms with Crippen LogP contribution < -0.4 is 20.9 Å². The van der Waals surface area contributed by atoms with Crippen LogP contribution in [0.5, 0.6) is 11.5 Å². The highest BCUT2D eigenvalue weighted by atomic mass is 16.6. The van der Waals surface area contributed by atoms with Crippen molar-refractivity contribution in [3.63, 3.8) is 0 Å². The minimum atomic E-state index is -0.683. The number of methoxy groups -OCH3 is 2. The first kappa shape index (κ1) is 16.8. The molecule has 0 bridgehead atoms. The molecular formula is C14H14N4O6. The van der Waals surface area contributed by atoms with Gasteiger partial charge in [-0.25, -0.2) is 0 Å². The van der Waals surface area contributed by atoms with E-state index in [2.05, 4.69) is 0 Å². The van der Waals surface area contributed by atoms with Crippen LogP contribution in [0.25, 0.3) is 11.1 Å². The second kappa shape index (κ2) is 6.28. The predicted octanol–water partition coefficient (Wildman–Crippen LogP) is 2.35. The summed E-state index contributed by atoms with van der Waals surface area (Å²) in [5, 5.41) is 22.7. The van der Waals surface area contributed by atoms with Crippen LogP contribution >= 0.6 is 0 Å². The summed E-state index contributed by atoms with van der Waals surface area (Å²) in [6, 6.07) is 4.71. The third-order valence-electron chi connectivity index (χ3n) is 3.38. The lowest BCUT2D eigenvalue weighted by Crippen LogP contribution is -2.02. The van der Waals surface area contributed by atoms with E-state index in [1.165, 1.54) is 26.4 Å². The first-order valence-corrected chi connectivity index (χ1v) is 6.54. The SMILES string of the molecule is COc1cc(-c2cc(OC)c(N)cc2[N+](=O)[O-])c([N+](=O)[O-])cc1N. The minimum absolute atomic E-state index is 0.0314. The Morgan fingerprint density at radius 3 is 1.38 bits per heavy atom. The average Bonchev–Trinajstić information content (AvgIpc) is 2.54. The van der Waals surface area contributed by atoms with Gasteiger partial charge in [0.05, 0.1) is 46.6 Å². The van der Waals surface area contributed by atoms with Crippen LogP contribution in [0.1, 0.15) is 0 Å². The Bertz CT molecular complexity index is 767. The summed E-state index contributed by atoms with van der Waals surface area (Å²) in [4.78, 5) is 21.3. The van der Waals surface area contributed by atoms with Gasteiger partial charge in [0, 0.05) is 12.1 Å². The van der Waals surface area contributed by atoms with Gasteiger partial charge >= 0.3 is 0 Å². The van der Waals surface area contributed by atoms with Gasteiger partial charge in [-0.3, -0.25) is 20.2 Å². The van der Waals surface area contributed by atoms with Crippen LogP contribution in [0.15, 0.2) is 24.3 Å². The number of nitrogens with zero attached hydrogens (tertiary/aromatic N) is 2. The predicted molar refractivity (Wildman–Crippen MR) is 87.1 cm³/mol. The van der Waals surface area contributed by atoms with Gasteiger partial charge in [-0.2, -0.15) is 0 Å². The van der Waals surface area contributed by atoms with Crippen molar-refractivity contribution in [1.29, 1.82) is 0 Å². The zero-order chi connectivity index (χ0) is 18.0. The molecule has 0 aliphatic heterocycles. The van der Waals surface area contributed by atoms with Crippen molar-refractivity contribution >= 4 is 22.7 Å². The number of anilines is 2. The first-order chi connectivity index (χ1) is 11.3. The van der Waals surface area contributed by atoms with E-state index in [0.29, 0.717) is 0 Å². The van der Waals surface area contributed by atoms with Crippen LogP contribution in [0, 0.1) is 20.2 Å². The molecule has 10 nitrogen and oxygen atoms in total. The lowest BCUT2D eigenvalue weighted by Gasteiger charge is -2.11. The lowest BCUT2D eigenvalue weighted by molar-refractivity contribution is -0.386. The molecule has 0 heterocycles. The molecule has 0 fully saturated rings. The van der Waals surface area contributed by atoms with Gasteiger partial charge in [0.15, 0.2) is 0 Å². The fraction of sp³-hybridized carbons (Fsp3) is 0.143. The number of nitrogen functional groups attached to an aromatic ring is 2. The van der Waals surface area contributed by atoms with Crippen LogP contribution in [0.3, 0.4) is 0 Å². The molecule has 2 aromatic carbocycles. The van der Waals surface area contributed by atoms with E-state index in [-0.39, 0.29) is 34.0 Å². The smallest absolute Gasteiger partial charge is 0.279 e. The Hall–Kier alpha value is -3.56. The van der Waals surface area contributed by atoms with E-state index < -0.39 is 21.2 Å². The highest BCUT2D eigenvalue weighted by molar-refractivity contribution is 5.87. The van der Waals surface area contributed by atoms with Gasteiger partial charge in [-0.15, -0.1) is 0 Å². The molecule has 4 N–H and O–H groups in total. The molecule has 10 heteroatoms. The Labute approximate surface area is 135 Å². The molecule has 0 saturated carbocycles. The van der Waals surface area contributed by atoms with Crippen molar-refractivity contribution in [2.75, 3.05) is 25.7 Å². The molecule has 24 heavy (non-hydrogen) atoms. The summed E-state index contributed by atoms with van der Waals surface area (Å²) in [6.45, 7) is 0. The summed E-state index contributed by atoms with van der Waals surface area (Å²) in [5.74, 6) is 0.307. The molecule has 2 aromatic rings. The van der Waals surface area contributed by atoms with Gasteiger partial charge in [0.2, 0.25) is 0 Å². The van der Waals surface area contributed by atoms with Crippen molar-refractivity contribution in [1.82, 2.24) is 0 Å². The van der Waals surface area contributed by atoms with Crippen molar-refractivity contribution < 1.29 is 19.3 Å². The molecule has 0 aliphatic carbocycles. The quantitative estimate of drug-likeness (QED) is 0.479.